The molecule has 6 rings (SSSR count). The van der Waals surface area contributed by atoms with Crippen LogP contribution in [0.1, 0.15) is 36.6 Å². The highest BCUT2D eigenvalue weighted by atomic mass is 19.3. The van der Waals surface area contributed by atoms with Gasteiger partial charge in [-0.05, 0) is 53.9 Å². The number of alkyl halides is 4. The van der Waals surface area contributed by atoms with E-state index in [1.165, 1.54) is 30.3 Å². The summed E-state index contributed by atoms with van der Waals surface area (Å²) in [6.07, 6.45) is -6.82. The van der Waals surface area contributed by atoms with E-state index in [0.717, 1.165) is 35.5 Å². The lowest BCUT2D eigenvalue weighted by Gasteiger charge is -2.25. The van der Waals surface area contributed by atoms with Crippen molar-refractivity contribution in [2.24, 2.45) is 0 Å². The molecule has 0 atom stereocenters. The number of benzene rings is 4. The summed E-state index contributed by atoms with van der Waals surface area (Å²) >= 11 is 0. The lowest BCUT2D eigenvalue weighted by atomic mass is 10.1. The SMILES string of the molecule is CCCCn1c(-c2ccccc2)nc(-c2cccc(F)c2)c1CN(Cc1cccc(OC(F)(F)C(F)F)c1)Cc1ccc2c(c1)OCO2. The third-order valence-corrected chi connectivity index (χ3v) is 7.97. The van der Waals surface area contributed by atoms with Gasteiger partial charge < -0.3 is 18.8 Å². The molecule has 5 aromatic rings. The first-order valence-electron chi connectivity index (χ1n) is 15.7. The predicted molar refractivity (Wildman–Crippen MR) is 172 cm³/mol. The van der Waals surface area contributed by atoms with Crippen LogP contribution >= 0.6 is 0 Å². The second-order valence-corrected chi connectivity index (χ2v) is 11.6. The Morgan fingerprint density at radius 2 is 1.56 bits per heavy atom. The lowest BCUT2D eigenvalue weighted by molar-refractivity contribution is -0.253. The van der Waals surface area contributed by atoms with Gasteiger partial charge in [-0.2, -0.15) is 17.6 Å². The first kappa shape index (κ1) is 33.0. The summed E-state index contributed by atoms with van der Waals surface area (Å²) < 4.78 is 85.6. The normalized spacial score (nSPS) is 12.7. The monoisotopic (exact) mass is 663 g/mol. The number of hydrogen-bond donors (Lipinski definition) is 0. The average molecular weight is 664 g/mol. The second-order valence-electron chi connectivity index (χ2n) is 11.6. The van der Waals surface area contributed by atoms with Gasteiger partial charge in [0.25, 0.3) is 0 Å². The number of nitrogens with zero attached hydrogens (tertiary/aromatic N) is 3. The standard InChI is InChI=1S/C37H34F5N3O3/c1-2-3-17-45-31(34(28-12-8-13-29(38)20-28)43-35(45)27-10-5-4-6-11-27)23-44(22-26-15-16-32-33(19-26)47-24-46-32)21-25-9-7-14-30(18-25)48-37(41,42)36(39)40/h4-16,18-20,36H,2-3,17,21-24H2,1H3. The largest absolute Gasteiger partial charge is 0.461 e. The van der Waals surface area contributed by atoms with Crippen molar-refractivity contribution in [3.8, 4) is 39.9 Å². The van der Waals surface area contributed by atoms with Gasteiger partial charge in [-0.15, -0.1) is 0 Å². The first-order chi connectivity index (χ1) is 23.2. The molecule has 11 heteroatoms. The van der Waals surface area contributed by atoms with Gasteiger partial charge in [-0.1, -0.05) is 74.0 Å². The minimum absolute atomic E-state index is 0.119. The zero-order valence-corrected chi connectivity index (χ0v) is 26.2. The van der Waals surface area contributed by atoms with E-state index < -0.39 is 18.4 Å². The Morgan fingerprint density at radius 3 is 2.31 bits per heavy atom. The maximum absolute atomic E-state index is 14.6. The van der Waals surface area contributed by atoms with Crippen molar-refractivity contribution < 1.29 is 36.2 Å². The summed E-state index contributed by atoms with van der Waals surface area (Å²) in [5.74, 6) is 1.22. The molecule has 0 fully saturated rings. The molecule has 1 aliphatic heterocycles. The molecule has 0 saturated carbocycles. The van der Waals surface area contributed by atoms with E-state index in [0.29, 0.717) is 48.0 Å². The van der Waals surface area contributed by atoms with Crippen LogP contribution in [0, 0.1) is 5.82 Å². The Hall–Kier alpha value is -4.90. The van der Waals surface area contributed by atoms with Crippen LogP contribution in [0.25, 0.3) is 22.6 Å². The molecular formula is C37H34F5N3O3. The number of rotatable bonds is 14. The molecule has 0 bridgehead atoms. The summed E-state index contributed by atoms with van der Waals surface area (Å²) in [6, 6.07) is 27.5. The van der Waals surface area contributed by atoms with E-state index in [4.69, 9.17) is 14.5 Å². The van der Waals surface area contributed by atoms with E-state index in [2.05, 4.69) is 21.1 Å². The summed E-state index contributed by atoms with van der Waals surface area (Å²) in [6.45, 7) is 3.81. The van der Waals surface area contributed by atoms with Crippen molar-refractivity contribution in [2.45, 2.75) is 58.5 Å². The molecule has 0 aliphatic carbocycles. The van der Waals surface area contributed by atoms with Gasteiger partial charge in [0.05, 0.1) is 11.4 Å². The Kier molecular flexibility index (Phi) is 9.95. The van der Waals surface area contributed by atoms with Crippen LogP contribution in [0.3, 0.4) is 0 Å². The maximum Gasteiger partial charge on any atom is 0.461 e. The summed E-state index contributed by atoms with van der Waals surface area (Å²) in [5.41, 5.74) is 4.44. The highest BCUT2D eigenvalue weighted by molar-refractivity contribution is 5.68. The van der Waals surface area contributed by atoms with Crippen molar-refractivity contribution in [3.05, 3.63) is 120 Å². The molecule has 4 aromatic carbocycles. The molecule has 0 unspecified atom stereocenters. The van der Waals surface area contributed by atoms with Crippen LogP contribution in [-0.4, -0.2) is 33.8 Å². The molecule has 0 saturated heterocycles. The van der Waals surface area contributed by atoms with Crippen molar-refractivity contribution >= 4 is 0 Å². The van der Waals surface area contributed by atoms with Crippen LogP contribution in [0.15, 0.2) is 97.1 Å². The maximum atomic E-state index is 14.6. The number of aromatic nitrogens is 2. The minimum Gasteiger partial charge on any atom is -0.454 e. The van der Waals surface area contributed by atoms with Crippen LogP contribution in [-0.2, 0) is 26.2 Å². The fraction of sp³-hybridized carbons (Fsp3) is 0.270. The third-order valence-electron chi connectivity index (χ3n) is 7.97. The van der Waals surface area contributed by atoms with E-state index >= 15 is 0 Å². The predicted octanol–water partition coefficient (Wildman–Crippen LogP) is 9.32. The Morgan fingerprint density at radius 1 is 0.833 bits per heavy atom. The van der Waals surface area contributed by atoms with Crippen molar-refractivity contribution in [2.75, 3.05) is 6.79 Å². The average Bonchev–Trinajstić information content (AvgIpc) is 3.68. The number of hydrogen-bond acceptors (Lipinski definition) is 5. The van der Waals surface area contributed by atoms with Crippen LogP contribution in [0.5, 0.6) is 17.2 Å². The smallest absolute Gasteiger partial charge is 0.454 e. The molecule has 0 amide bonds. The summed E-state index contributed by atoms with van der Waals surface area (Å²) in [5, 5.41) is 0. The van der Waals surface area contributed by atoms with Gasteiger partial charge in [0.15, 0.2) is 11.5 Å². The number of fused-ring (bicyclic) bond motifs is 1. The molecule has 1 aromatic heterocycles. The van der Waals surface area contributed by atoms with Gasteiger partial charge in [-0.25, -0.2) is 9.37 Å². The molecule has 6 nitrogen and oxygen atoms in total. The Bertz CT molecular complexity index is 1850. The summed E-state index contributed by atoms with van der Waals surface area (Å²) in [7, 11) is 0. The Balaban J connectivity index is 1.43. The van der Waals surface area contributed by atoms with Crippen molar-refractivity contribution in [1.29, 1.82) is 0 Å². The molecule has 48 heavy (non-hydrogen) atoms. The van der Waals surface area contributed by atoms with E-state index in [9.17, 15) is 22.0 Å². The zero-order valence-electron chi connectivity index (χ0n) is 26.2. The molecule has 2 heterocycles. The molecule has 0 spiro atoms. The van der Waals surface area contributed by atoms with E-state index in [1.54, 1.807) is 12.1 Å². The number of ether oxygens (including phenoxy) is 3. The second kappa shape index (κ2) is 14.5. The van der Waals surface area contributed by atoms with E-state index in [1.807, 2.05) is 54.6 Å². The fourth-order valence-corrected chi connectivity index (χ4v) is 5.72. The third kappa shape index (κ3) is 7.62. The highest BCUT2D eigenvalue weighted by Crippen LogP contribution is 2.35. The molecule has 0 radical (unpaired) electrons. The van der Waals surface area contributed by atoms with Gasteiger partial charge in [0.1, 0.15) is 17.4 Å². The number of halogens is 5. The first-order valence-corrected chi connectivity index (χ1v) is 15.7. The van der Waals surface area contributed by atoms with Crippen LogP contribution in [0.4, 0.5) is 22.0 Å². The highest BCUT2D eigenvalue weighted by Gasteiger charge is 2.44. The molecular weight excluding hydrogens is 629 g/mol. The molecule has 0 N–H and O–H groups in total. The lowest BCUT2D eigenvalue weighted by Crippen LogP contribution is -2.33. The fourth-order valence-electron chi connectivity index (χ4n) is 5.72. The van der Waals surface area contributed by atoms with Crippen LogP contribution < -0.4 is 14.2 Å². The van der Waals surface area contributed by atoms with Gasteiger partial charge in [0.2, 0.25) is 6.79 Å². The van der Waals surface area contributed by atoms with Gasteiger partial charge >= 0.3 is 12.5 Å². The Labute approximate surface area is 275 Å². The number of unbranched alkanes of at least 4 members (excludes halogenated alkanes) is 1. The summed E-state index contributed by atoms with van der Waals surface area (Å²) in [4.78, 5) is 7.17. The quantitative estimate of drug-likeness (QED) is 0.111. The van der Waals surface area contributed by atoms with Gasteiger partial charge in [-0.3, -0.25) is 4.90 Å². The van der Waals surface area contributed by atoms with Gasteiger partial charge in [0, 0.05) is 37.3 Å². The number of imidazole rings is 1. The van der Waals surface area contributed by atoms with Crippen LogP contribution in [0.2, 0.25) is 0 Å². The topological polar surface area (TPSA) is 48.8 Å². The molecule has 1 aliphatic rings. The van der Waals surface area contributed by atoms with E-state index in [-0.39, 0.29) is 19.1 Å². The molecule has 250 valence electrons. The van der Waals surface area contributed by atoms with Crippen molar-refractivity contribution in [3.63, 3.8) is 0 Å². The minimum atomic E-state index is -4.63. The zero-order chi connectivity index (χ0) is 33.7. The van der Waals surface area contributed by atoms with Crippen molar-refractivity contribution in [1.82, 2.24) is 14.5 Å².